The van der Waals surface area contributed by atoms with E-state index in [9.17, 15) is 0 Å². The smallest absolute Gasteiger partial charge is 0.111 e. The van der Waals surface area contributed by atoms with Gasteiger partial charge in [-0.05, 0) is 18.8 Å². The summed E-state index contributed by atoms with van der Waals surface area (Å²) in [5, 5.41) is 3.40. The number of aromatic nitrogens is 2. The lowest BCUT2D eigenvalue weighted by Crippen LogP contribution is -2.35. The molecule has 3 atom stereocenters. The second kappa shape index (κ2) is 5.41. The van der Waals surface area contributed by atoms with Gasteiger partial charge in [-0.15, -0.1) is 0 Å². The summed E-state index contributed by atoms with van der Waals surface area (Å²) in [6.07, 6.45) is 9.50. The molecule has 3 unspecified atom stereocenters. The van der Waals surface area contributed by atoms with Crippen LogP contribution in [0.4, 0.5) is 0 Å². The van der Waals surface area contributed by atoms with Gasteiger partial charge in [0, 0.05) is 19.1 Å². The Kier molecular flexibility index (Phi) is 3.66. The highest BCUT2D eigenvalue weighted by molar-refractivity contribution is 5.07. The minimum Gasteiger partial charge on any atom is -0.369 e. The summed E-state index contributed by atoms with van der Waals surface area (Å²) in [6.45, 7) is 5.04. The number of imidazole rings is 1. The molecular formula is C14H23N3O. The number of nitrogens with zero attached hydrogens (tertiary/aromatic N) is 2. The fourth-order valence-corrected chi connectivity index (χ4v) is 3.31. The van der Waals surface area contributed by atoms with Crippen molar-refractivity contribution in [1.82, 2.24) is 14.9 Å². The molecule has 18 heavy (non-hydrogen) atoms. The Bertz CT molecular complexity index is 384. The average Bonchev–Trinajstić information content (AvgIpc) is 2.89. The first kappa shape index (κ1) is 12.2. The number of ether oxygens (including phenoxy) is 1. The molecule has 1 saturated carbocycles. The Morgan fingerprint density at radius 2 is 2.28 bits per heavy atom. The molecule has 2 heterocycles. The molecule has 0 spiro atoms. The molecule has 4 nitrogen and oxygen atoms in total. The Labute approximate surface area is 109 Å². The van der Waals surface area contributed by atoms with Crippen molar-refractivity contribution in [3.05, 3.63) is 18.2 Å². The van der Waals surface area contributed by atoms with Gasteiger partial charge in [-0.2, -0.15) is 0 Å². The Hall–Kier alpha value is -0.870. The summed E-state index contributed by atoms with van der Waals surface area (Å²) >= 11 is 0. The summed E-state index contributed by atoms with van der Waals surface area (Å²) in [6, 6.07) is 0.613. The van der Waals surface area contributed by atoms with Gasteiger partial charge in [0.05, 0.1) is 24.8 Å². The van der Waals surface area contributed by atoms with Crippen molar-refractivity contribution in [2.75, 3.05) is 19.7 Å². The molecule has 3 rings (SSSR count). The van der Waals surface area contributed by atoms with Gasteiger partial charge in [0.15, 0.2) is 0 Å². The van der Waals surface area contributed by atoms with Gasteiger partial charge in [-0.25, -0.2) is 4.98 Å². The number of nitrogens with one attached hydrogen (secondary N) is 1. The summed E-state index contributed by atoms with van der Waals surface area (Å²) in [7, 11) is 0. The highest BCUT2D eigenvalue weighted by Gasteiger charge is 2.27. The van der Waals surface area contributed by atoms with E-state index in [-0.39, 0.29) is 6.10 Å². The van der Waals surface area contributed by atoms with Crippen molar-refractivity contribution < 1.29 is 4.74 Å². The predicted molar refractivity (Wildman–Crippen MR) is 70.5 cm³/mol. The normalized spacial score (nSPS) is 33.5. The lowest BCUT2D eigenvalue weighted by atomic mass is 9.85. The van der Waals surface area contributed by atoms with Crippen LogP contribution < -0.4 is 5.32 Å². The first-order valence-corrected chi connectivity index (χ1v) is 7.20. The second-order valence-electron chi connectivity index (χ2n) is 5.62. The van der Waals surface area contributed by atoms with E-state index >= 15 is 0 Å². The molecule has 100 valence electrons. The highest BCUT2D eigenvalue weighted by Crippen LogP contribution is 2.35. The van der Waals surface area contributed by atoms with E-state index in [0.29, 0.717) is 6.04 Å². The Balaban J connectivity index is 1.81. The largest absolute Gasteiger partial charge is 0.369 e. The number of hydrogen-bond donors (Lipinski definition) is 1. The molecule has 1 saturated heterocycles. The van der Waals surface area contributed by atoms with Crippen LogP contribution in [-0.2, 0) is 4.74 Å². The molecular weight excluding hydrogens is 226 g/mol. The van der Waals surface area contributed by atoms with Crippen LogP contribution in [0.1, 0.15) is 50.4 Å². The van der Waals surface area contributed by atoms with Crippen LogP contribution in [0.15, 0.2) is 12.5 Å². The average molecular weight is 249 g/mol. The van der Waals surface area contributed by atoms with Gasteiger partial charge in [0.25, 0.3) is 0 Å². The van der Waals surface area contributed by atoms with E-state index in [0.717, 1.165) is 25.6 Å². The first-order chi connectivity index (χ1) is 8.86. The Morgan fingerprint density at radius 1 is 1.39 bits per heavy atom. The van der Waals surface area contributed by atoms with Gasteiger partial charge in [-0.1, -0.05) is 19.8 Å². The van der Waals surface area contributed by atoms with Crippen molar-refractivity contribution in [2.45, 2.75) is 44.8 Å². The molecule has 0 bridgehead atoms. The van der Waals surface area contributed by atoms with Crippen molar-refractivity contribution in [2.24, 2.45) is 5.92 Å². The summed E-state index contributed by atoms with van der Waals surface area (Å²) in [4.78, 5) is 4.36. The molecule has 0 amide bonds. The summed E-state index contributed by atoms with van der Waals surface area (Å²) < 4.78 is 8.24. The zero-order valence-corrected chi connectivity index (χ0v) is 11.1. The van der Waals surface area contributed by atoms with Crippen LogP contribution in [0.25, 0.3) is 0 Å². The standard InChI is InChI=1S/C14H23N3O/c1-11-4-2-3-5-12(11)17-10-16-8-13(17)14-9-15-6-7-18-14/h8,10-12,14-15H,2-7,9H2,1H3. The molecule has 1 N–H and O–H groups in total. The maximum atomic E-state index is 5.87. The number of morpholine rings is 1. The lowest BCUT2D eigenvalue weighted by Gasteiger charge is -2.33. The fraction of sp³-hybridized carbons (Fsp3) is 0.786. The maximum absolute atomic E-state index is 5.87. The van der Waals surface area contributed by atoms with Crippen LogP contribution in [0.5, 0.6) is 0 Å². The molecule has 1 aliphatic heterocycles. The zero-order chi connectivity index (χ0) is 12.4. The molecule has 2 fully saturated rings. The van der Waals surface area contributed by atoms with Crippen LogP contribution in [0.2, 0.25) is 0 Å². The fourth-order valence-electron chi connectivity index (χ4n) is 3.31. The SMILES string of the molecule is CC1CCCCC1n1cncc1C1CNCCO1. The number of hydrogen-bond acceptors (Lipinski definition) is 3. The van der Waals surface area contributed by atoms with Crippen molar-refractivity contribution >= 4 is 0 Å². The van der Waals surface area contributed by atoms with E-state index in [1.54, 1.807) is 0 Å². The molecule has 0 aromatic carbocycles. The van der Waals surface area contributed by atoms with Gasteiger partial charge in [0.2, 0.25) is 0 Å². The van der Waals surface area contributed by atoms with Crippen LogP contribution in [0, 0.1) is 5.92 Å². The predicted octanol–water partition coefficient (Wildman–Crippen LogP) is 2.30. The third-order valence-corrected chi connectivity index (χ3v) is 4.38. The minimum atomic E-state index is 0.176. The molecule has 1 aromatic rings. The zero-order valence-electron chi connectivity index (χ0n) is 11.1. The minimum absolute atomic E-state index is 0.176. The lowest BCUT2D eigenvalue weighted by molar-refractivity contribution is 0.0206. The molecule has 4 heteroatoms. The number of rotatable bonds is 2. The van der Waals surface area contributed by atoms with Crippen molar-refractivity contribution in [1.29, 1.82) is 0 Å². The van der Waals surface area contributed by atoms with Crippen molar-refractivity contribution in [3.63, 3.8) is 0 Å². The summed E-state index contributed by atoms with van der Waals surface area (Å²) in [5.74, 6) is 0.753. The highest BCUT2D eigenvalue weighted by atomic mass is 16.5. The van der Waals surface area contributed by atoms with E-state index < -0.39 is 0 Å². The first-order valence-electron chi connectivity index (χ1n) is 7.20. The van der Waals surface area contributed by atoms with E-state index in [1.165, 1.54) is 31.4 Å². The van der Waals surface area contributed by atoms with Crippen molar-refractivity contribution in [3.8, 4) is 0 Å². The third kappa shape index (κ3) is 2.31. The quantitative estimate of drug-likeness (QED) is 0.874. The van der Waals surface area contributed by atoms with Crippen LogP contribution in [0.3, 0.4) is 0 Å². The van der Waals surface area contributed by atoms with E-state index in [1.807, 2.05) is 12.5 Å². The van der Waals surface area contributed by atoms with Gasteiger partial charge in [-0.3, -0.25) is 0 Å². The molecule has 1 aliphatic carbocycles. The third-order valence-electron chi connectivity index (χ3n) is 4.38. The maximum Gasteiger partial charge on any atom is 0.111 e. The van der Waals surface area contributed by atoms with Gasteiger partial charge >= 0.3 is 0 Å². The van der Waals surface area contributed by atoms with E-state index in [4.69, 9.17) is 4.74 Å². The van der Waals surface area contributed by atoms with Gasteiger partial charge < -0.3 is 14.6 Å². The van der Waals surface area contributed by atoms with Crippen LogP contribution >= 0.6 is 0 Å². The van der Waals surface area contributed by atoms with E-state index in [2.05, 4.69) is 21.8 Å². The summed E-state index contributed by atoms with van der Waals surface area (Å²) in [5.41, 5.74) is 1.25. The molecule has 1 aromatic heterocycles. The second-order valence-corrected chi connectivity index (χ2v) is 5.62. The molecule has 2 aliphatic rings. The Morgan fingerprint density at radius 3 is 3.06 bits per heavy atom. The topological polar surface area (TPSA) is 39.1 Å². The molecule has 0 radical (unpaired) electrons. The van der Waals surface area contributed by atoms with Gasteiger partial charge in [0.1, 0.15) is 6.10 Å². The van der Waals surface area contributed by atoms with Crippen LogP contribution in [-0.4, -0.2) is 29.2 Å². The monoisotopic (exact) mass is 249 g/mol.